The molecule has 0 aliphatic carbocycles. The minimum Gasteiger partial charge on any atom is -0.495 e. The zero-order valence-electron chi connectivity index (χ0n) is 19.5. The number of nitrogens with zero attached hydrogens (tertiary/aromatic N) is 2. The van der Waals surface area contributed by atoms with Crippen LogP contribution in [0.3, 0.4) is 0 Å². The fourth-order valence-electron chi connectivity index (χ4n) is 3.14. The number of rotatable bonds is 7. The SMILES string of the molecule is COc1cc(OC)c(NC(=O)Cn2c(=O)n(CCN)c(=O)c3ccccc32)cc1Cl.O=C(O)C(F)(F)F. The van der Waals surface area contributed by atoms with Crippen LogP contribution in [-0.4, -0.2) is 53.1 Å². The molecule has 3 aromatic rings. The van der Waals surface area contributed by atoms with E-state index in [9.17, 15) is 27.6 Å². The number of hydrogen-bond acceptors (Lipinski definition) is 7. The molecular formula is C22H22ClF3N4O7. The van der Waals surface area contributed by atoms with Gasteiger partial charge in [-0.15, -0.1) is 0 Å². The standard InChI is InChI=1S/C20H21ClN4O5.C2HF3O2/c1-29-16-10-17(30-2)14(9-13(16)21)23-18(26)11-25-15-6-4-3-5-12(15)19(27)24(8-7-22)20(25)28;3-2(4,5)1(6)7/h3-6,9-10H,7-8,11,22H2,1-2H3,(H,23,26);(H,6,7). The number of nitrogens with two attached hydrogens (primary N) is 1. The molecule has 15 heteroatoms. The highest BCUT2D eigenvalue weighted by Crippen LogP contribution is 2.35. The van der Waals surface area contributed by atoms with Crippen molar-refractivity contribution in [2.24, 2.45) is 5.73 Å². The number of carboxylic acid groups (broad SMARTS) is 1. The number of para-hydroxylation sites is 1. The number of benzene rings is 2. The van der Waals surface area contributed by atoms with Crippen molar-refractivity contribution >= 4 is 40.1 Å². The Bertz CT molecular complexity index is 1420. The van der Waals surface area contributed by atoms with Crippen molar-refractivity contribution in [3.05, 3.63) is 62.3 Å². The molecule has 1 amide bonds. The first-order chi connectivity index (χ1) is 17.3. The number of aliphatic carboxylic acids is 1. The maximum atomic E-state index is 12.9. The molecule has 0 radical (unpaired) electrons. The van der Waals surface area contributed by atoms with Crippen LogP contribution in [0.4, 0.5) is 18.9 Å². The van der Waals surface area contributed by atoms with E-state index in [0.717, 1.165) is 4.57 Å². The average molecular weight is 547 g/mol. The third kappa shape index (κ3) is 7.01. The molecule has 3 rings (SSSR count). The van der Waals surface area contributed by atoms with E-state index in [0.29, 0.717) is 28.1 Å². The van der Waals surface area contributed by atoms with Crippen molar-refractivity contribution in [3.8, 4) is 11.5 Å². The van der Waals surface area contributed by atoms with Crippen LogP contribution in [0.25, 0.3) is 10.9 Å². The number of hydrogen-bond donors (Lipinski definition) is 3. The van der Waals surface area contributed by atoms with E-state index >= 15 is 0 Å². The molecule has 0 saturated carbocycles. The smallest absolute Gasteiger partial charge is 0.490 e. The summed E-state index contributed by atoms with van der Waals surface area (Å²) in [5, 5.41) is 10.4. The molecule has 0 fully saturated rings. The summed E-state index contributed by atoms with van der Waals surface area (Å²) >= 11 is 6.14. The highest BCUT2D eigenvalue weighted by Gasteiger charge is 2.38. The van der Waals surface area contributed by atoms with Crippen LogP contribution in [-0.2, 0) is 22.7 Å². The zero-order chi connectivity index (χ0) is 27.9. The molecule has 2 aromatic carbocycles. The second-order valence-corrected chi connectivity index (χ2v) is 7.58. The maximum Gasteiger partial charge on any atom is 0.490 e. The lowest BCUT2D eigenvalue weighted by atomic mass is 10.2. The fourth-order valence-corrected chi connectivity index (χ4v) is 3.38. The van der Waals surface area contributed by atoms with Gasteiger partial charge < -0.3 is 25.6 Å². The Balaban J connectivity index is 0.000000604. The summed E-state index contributed by atoms with van der Waals surface area (Å²) in [5.41, 5.74) is 5.16. The van der Waals surface area contributed by atoms with Crippen molar-refractivity contribution in [1.29, 1.82) is 0 Å². The van der Waals surface area contributed by atoms with Gasteiger partial charge in [0.1, 0.15) is 18.0 Å². The van der Waals surface area contributed by atoms with Gasteiger partial charge in [-0.2, -0.15) is 13.2 Å². The van der Waals surface area contributed by atoms with Crippen LogP contribution in [0.1, 0.15) is 0 Å². The van der Waals surface area contributed by atoms with Crippen LogP contribution in [0.2, 0.25) is 5.02 Å². The summed E-state index contributed by atoms with van der Waals surface area (Å²) in [6, 6.07) is 9.63. The van der Waals surface area contributed by atoms with E-state index in [1.165, 1.54) is 24.9 Å². The van der Waals surface area contributed by atoms with E-state index < -0.39 is 29.3 Å². The highest BCUT2D eigenvalue weighted by atomic mass is 35.5. The average Bonchev–Trinajstić information content (AvgIpc) is 2.84. The number of ether oxygens (including phenoxy) is 2. The predicted molar refractivity (Wildman–Crippen MR) is 128 cm³/mol. The molecule has 0 unspecified atom stereocenters. The number of aromatic nitrogens is 2. The van der Waals surface area contributed by atoms with Gasteiger partial charge in [0.25, 0.3) is 5.56 Å². The molecule has 0 bridgehead atoms. The second-order valence-electron chi connectivity index (χ2n) is 7.17. The van der Waals surface area contributed by atoms with E-state index in [1.807, 2.05) is 0 Å². The molecule has 0 spiro atoms. The van der Waals surface area contributed by atoms with Gasteiger partial charge in [-0.1, -0.05) is 23.7 Å². The van der Waals surface area contributed by atoms with Crippen molar-refractivity contribution in [3.63, 3.8) is 0 Å². The van der Waals surface area contributed by atoms with Crippen molar-refractivity contribution in [2.75, 3.05) is 26.1 Å². The summed E-state index contributed by atoms with van der Waals surface area (Å²) in [6.07, 6.45) is -5.08. The summed E-state index contributed by atoms with van der Waals surface area (Å²) in [5.74, 6) is -2.52. The summed E-state index contributed by atoms with van der Waals surface area (Å²) in [6.45, 7) is -0.162. The summed E-state index contributed by atoms with van der Waals surface area (Å²) in [7, 11) is 2.91. The third-order valence-corrected chi connectivity index (χ3v) is 5.07. The van der Waals surface area contributed by atoms with Crippen LogP contribution in [0.15, 0.2) is 46.0 Å². The predicted octanol–water partition coefficient (Wildman–Crippen LogP) is 2.06. The molecule has 0 atom stereocenters. The van der Waals surface area contributed by atoms with Gasteiger partial charge in [-0.3, -0.25) is 18.7 Å². The van der Waals surface area contributed by atoms with Gasteiger partial charge in [0.05, 0.1) is 35.8 Å². The second kappa shape index (κ2) is 12.3. The van der Waals surface area contributed by atoms with Crippen LogP contribution in [0, 0.1) is 0 Å². The number of fused-ring (bicyclic) bond motifs is 1. The maximum absolute atomic E-state index is 12.9. The minimum atomic E-state index is -5.08. The first kappa shape index (κ1) is 29.2. The summed E-state index contributed by atoms with van der Waals surface area (Å²) < 4.78 is 44.4. The van der Waals surface area contributed by atoms with Crippen molar-refractivity contribution in [1.82, 2.24) is 9.13 Å². The molecule has 11 nitrogen and oxygen atoms in total. The fraction of sp³-hybridized carbons (Fsp3) is 0.273. The van der Waals surface area contributed by atoms with Gasteiger partial charge in [0.15, 0.2) is 0 Å². The number of alkyl halides is 3. The number of carboxylic acids is 1. The number of carbonyl (C=O) groups excluding carboxylic acids is 1. The van der Waals surface area contributed by atoms with E-state index in [-0.39, 0.29) is 24.7 Å². The lowest BCUT2D eigenvalue weighted by Crippen LogP contribution is -2.43. The van der Waals surface area contributed by atoms with E-state index in [4.69, 9.17) is 36.7 Å². The quantitative estimate of drug-likeness (QED) is 0.407. The highest BCUT2D eigenvalue weighted by molar-refractivity contribution is 6.32. The number of carbonyl (C=O) groups is 2. The van der Waals surface area contributed by atoms with Gasteiger partial charge in [0, 0.05) is 19.2 Å². The van der Waals surface area contributed by atoms with Crippen LogP contribution in [0.5, 0.6) is 11.5 Å². The van der Waals surface area contributed by atoms with Crippen LogP contribution < -0.4 is 31.8 Å². The Morgan fingerprint density at radius 3 is 2.22 bits per heavy atom. The molecule has 0 aliphatic rings. The van der Waals surface area contributed by atoms with E-state index in [1.54, 1.807) is 30.3 Å². The first-order valence-corrected chi connectivity index (χ1v) is 10.7. The molecular weight excluding hydrogens is 525 g/mol. The number of anilines is 1. The number of amides is 1. The lowest BCUT2D eigenvalue weighted by molar-refractivity contribution is -0.192. The molecule has 1 heterocycles. The van der Waals surface area contributed by atoms with Crippen molar-refractivity contribution < 1.29 is 37.3 Å². The lowest BCUT2D eigenvalue weighted by Gasteiger charge is -2.15. The Labute approximate surface area is 211 Å². The topological polar surface area (TPSA) is 155 Å². The molecule has 4 N–H and O–H groups in total. The molecule has 37 heavy (non-hydrogen) atoms. The van der Waals surface area contributed by atoms with Gasteiger partial charge in [0.2, 0.25) is 5.91 Å². The zero-order valence-corrected chi connectivity index (χ0v) is 20.2. The number of methoxy groups -OCH3 is 2. The van der Waals surface area contributed by atoms with Crippen LogP contribution >= 0.6 is 11.6 Å². The Morgan fingerprint density at radius 1 is 1.08 bits per heavy atom. The normalized spacial score (nSPS) is 10.9. The van der Waals surface area contributed by atoms with Crippen molar-refractivity contribution in [2.45, 2.75) is 19.3 Å². The van der Waals surface area contributed by atoms with Gasteiger partial charge in [-0.25, -0.2) is 9.59 Å². The Morgan fingerprint density at radius 2 is 1.68 bits per heavy atom. The minimum absolute atomic E-state index is 0.0476. The van der Waals surface area contributed by atoms with Gasteiger partial charge >= 0.3 is 17.8 Å². The monoisotopic (exact) mass is 546 g/mol. The molecule has 0 aliphatic heterocycles. The Kier molecular flexibility index (Phi) is 9.68. The number of nitrogens with one attached hydrogen (secondary N) is 1. The third-order valence-electron chi connectivity index (χ3n) is 4.78. The molecule has 0 saturated heterocycles. The first-order valence-electron chi connectivity index (χ1n) is 10.3. The van der Waals surface area contributed by atoms with E-state index in [2.05, 4.69) is 5.32 Å². The number of halogens is 4. The summed E-state index contributed by atoms with van der Waals surface area (Å²) in [4.78, 5) is 47.1. The Hall–Kier alpha value is -4.04. The molecule has 200 valence electrons. The largest absolute Gasteiger partial charge is 0.495 e. The molecule has 1 aromatic heterocycles. The van der Waals surface area contributed by atoms with Gasteiger partial charge in [-0.05, 0) is 18.2 Å².